The zero-order valence-electron chi connectivity index (χ0n) is 7.15. The van der Waals surface area contributed by atoms with Crippen molar-refractivity contribution in [3.8, 4) is 0 Å². The van der Waals surface area contributed by atoms with Crippen molar-refractivity contribution in [2.45, 2.75) is 37.1 Å². The fourth-order valence-corrected chi connectivity index (χ4v) is 1.31. The highest BCUT2D eigenvalue weighted by Crippen LogP contribution is 2.35. The maximum Gasteiger partial charge on any atom is 0.414 e. The van der Waals surface area contributed by atoms with Gasteiger partial charge in [0.1, 0.15) is 0 Å². The van der Waals surface area contributed by atoms with Crippen molar-refractivity contribution in [2.24, 2.45) is 5.73 Å². The second-order valence-electron chi connectivity index (χ2n) is 3.39. The van der Waals surface area contributed by atoms with Crippen LogP contribution in [-0.4, -0.2) is 30.9 Å². The molecule has 1 rings (SSSR count). The second-order valence-corrected chi connectivity index (χ2v) is 3.39. The minimum absolute atomic E-state index is 0.253. The predicted octanol–water partition coefficient (Wildman–Crippen LogP) is 1.69. The molecule has 0 radical (unpaired) electrons. The lowest BCUT2D eigenvalue weighted by Crippen LogP contribution is -2.56. The van der Waals surface area contributed by atoms with E-state index in [9.17, 15) is 22.0 Å². The molecule has 0 amide bonds. The number of ether oxygens (including phenoxy) is 1. The van der Waals surface area contributed by atoms with E-state index in [1.807, 2.05) is 0 Å². The molecule has 2 atom stereocenters. The van der Waals surface area contributed by atoms with Gasteiger partial charge in [-0.15, -0.1) is 0 Å². The third kappa shape index (κ3) is 2.33. The van der Waals surface area contributed by atoms with E-state index in [1.165, 1.54) is 0 Å². The Morgan fingerprint density at radius 3 is 2.36 bits per heavy atom. The number of hydrogen-bond donors (Lipinski definition) is 1. The molecule has 1 aliphatic rings. The van der Waals surface area contributed by atoms with Gasteiger partial charge in [-0.2, -0.15) is 13.2 Å². The highest BCUT2D eigenvalue weighted by Gasteiger charge is 2.50. The van der Waals surface area contributed by atoms with Gasteiger partial charge in [0.05, 0.1) is 5.54 Å². The van der Waals surface area contributed by atoms with E-state index in [2.05, 4.69) is 4.74 Å². The van der Waals surface area contributed by atoms with Crippen LogP contribution in [0.4, 0.5) is 22.0 Å². The Labute approximate surface area is 77.2 Å². The Hall–Kier alpha value is -0.430. The van der Waals surface area contributed by atoms with Crippen LogP contribution in [0.3, 0.4) is 0 Å². The molecule has 0 spiro atoms. The second kappa shape index (κ2) is 3.62. The molecule has 1 aliphatic heterocycles. The topological polar surface area (TPSA) is 35.2 Å². The summed E-state index contributed by atoms with van der Waals surface area (Å²) in [5.41, 5.74) is 3.09. The number of alkyl halides is 5. The van der Waals surface area contributed by atoms with Gasteiger partial charge in [0.15, 0.2) is 6.10 Å². The molecule has 2 nitrogen and oxygen atoms in total. The zero-order valence-corrected chi connectivity index (χ0v) is 7.15. The quantitative estimate of drug-likeness (QED) is 0.681. The van der Waals surface area contributed by atoms with E-state index in [-0.39, 0.29) is 13.0 Å². The first-order valence-corrected chi connectivity index (χ1v) is 4.01. The van der Waals surface area contributed by atoms with Crippen LogP contribution in [0.5, 0.6) is 0 Å². The lowest BCUT2D eigenvalue weighted by atomic mass is 9.88. The summed E-state index contributed by atoms with van der Waals surface area (Å²) >= 11 is 0. The van der Waals surface area contributed by atoms with Gasteiger partial charge in [-0.25, -0.2) is 8.78 Å². The molecular weight excluding hydrogens is 209 g/mol. The molecule has 84 valence electrons. The van der Waals surface area contributed by atoms with Crippen LogP contribution in [0.1, 0.15) is 12.8 Å². The van der Waals surface area contributed by atoms with E-state index in [0.717, 1.165) is 0 Å². The van der Waals surface area contributed by atoms with Gasteiger partial charge in [-0.3, -0.25) is 0 Å². The van der Waals surface area contributed by atoms with Crippen molar-refractivity contribution in [1.29, 1.82) is 0 Å². The average Bonchev–Trinajstić information content (AvgIpc) is 2.02. The van der Waals surface area contributed by atoms with Gasteiger partial charge in [0.2, 0.25) is 0 Å². The van der Waals surface area contributed by atoms with Gasteiger partial charge in [0, 0.05) is 13.0 Å². The molecule has 0 aromatic heterocycles. The molecule has 1 saturated heterocycles. The van der Waals surface area contributed by atoms with Crippen molar-refractivity contribution in [1.82, 2.24) is 0 Å². The molecule has 1 fully saturated rings. The third-order valence-electron chi connectivity index (χ3n) is 2.25. The van der Waals surface area contributed by atoms with Crippen molar-refractivity contribution in [2.75, 3.05) is 6.61 Å². The van der Waals surface area contributed by atoms with Gasteiger partial charge in [-0.1, -0.05) is 0 Å². The standard InChI is InChI=1S/C7H10F5NO/c8-5(9)6(13)1-2-14-4(3-6)7(10,11)12/h4-5H,1-3,13H2. The summed E-state index contributed by atoms with van der Waals surface area (Å²) in [5, 5.41) is 0. The van der Waals surface area contributed by atoms with Crippen molar-refractivity contribution >= 4 is 0 Å². The first-order chi connectivity index (χ1) is 6.26. The van der Waals surface area contributed by atoms with Crippen LogP contribution in [0, 0.1) is 0 Å². The monoisotopic (exact) mass is 219 g/mol. The molecule has 1 heterocycles. The first-order valence-electron chi connectivity index (χ1n) is 4.01. The summed E-state index contributed by atoms with van der Waals surface area (Å²) in [7, 11) is 0. The summed E-state index contributed by atoms with van der Waals surface area (Å²) < 4.78 is 65.4. The molecule has 2 N–H and O–H groups in total. The van der Waals surface area contributed by atoms with Gasteiger partial charge in [0.25, 0.3) is 6.43 Å². The maximum atomic E-state index is 12.3. The van der Waals surface area contributed by atoms with Crippen LogP contribution in [0.25, 0.3) is 0 Å². The Bertz CT molecular complexity index is 207. The minimum atomic E-state index is -4.63. The maximum absolute atomic E-state index is 12.3. The molecule has 2 unspecified atom stereocenters. The van der Waals surface area contributed by atoms with Crippen LogP contribution in [-0.2, 0) is 4.74 Å². The van der Waals surface area contributed by atoms with Crippen molar-refractivity contribution in [3.05, 3.63) is 0 Å². The van der Waals surface area contributed by atoms with E-state index in [0.29, 0.717) is 0 Å². The van der Waals surface area contributed by atoms with Crippen molar-refractivity contribution in [3.63, 3.8) is 0 Å². The van der Waals surface area contributed by atoms with Gasteiger partial charge >= 0.3 is 6.18 Å². The minimum Gasteiger partial charge on any atom is -0.369 e. The van der Waals surface area contributed by atoms with Crippen LogP contribution in [0.2, 0.25) is 0 Å². The molecule has 7 heteroatoms. The average molecular weight is 219 g/mol. The lowest BCUT2D eigenvalue weighted by molar-refractivity contribution is -0.243. The first kappa shape index (κ1) is 11.6. The Morgan fingerprint density at radius 1 is 1.36 bits per heavy atom. The summed E-state index contributed by atoms with van der Waals surface area (Å²) in [5.74, 6) is 0. The largest absolute Gasteiger partial charge is 0.414 e. The Kier molecular flexibility index (Phi) is 3.01. The summed E-state index contributed by atoms with van der Waals surface area (Å²) in [6, 6.07) is 0. The summed E-state index contributed by atoms with van der Waals surface area (Å²) in [6.45, 7) is -0.384. The van der Waals surface area contributed by atoms with Gasteiger partial charge in [-0.05, 0) is 6.42 Å². The highest BCUT2D eigenvalue weighted by atomic mass is 19.4. The van der Waals surface area contributed by atoms with E-state index in [4.69, 9.17) is 5.73 Å². The molecule has 14 heavy (non-hydrogen) atoms. The van der Waals surface area contributed by atoms with Crippen LogP contribution < -0.4 is 5.73 Å². The fourth-order valence-electron chi connectivity index (χ4n) is 1.31. The third-order valence-corrected chi connectivity index (χ3v) is 2.25. The van der Waals surface area contributed by atoms with E-state index in [1.54, 1.807) is 0 Å². The predicted molar refractivity (Wildman–Crippen MR) is 38.0 cm³/mol. The molecule has 0 bridgehead atoms. The summed E-state index contributed by atoms with van der Waals surface area (Å²) in [4.78, 5) is 0. The van der Waals surface area contributed by atoms with Crippen LogP contribution in [0.15, 0.2) is 0 Å². The number of nitrogens with two attached hydrogens (primary N) is 1. The van der Waals surface area contributed by atoms with E-state index < -0.39 is 30.7 Å². The van der Waals surface area contributed by atoms with Crippen molar-refractivity contribution < 1.29 is 26.7 Å². The number of hydrogen-bond acceptors (Lipinski definition) is 2. The Balaban J connectivity index is 2.69. The smallest absolute Gasteiger partial charge is 0.369 e. The molecule has 0 aromatic rings. The molecular formula is C7H10F5NO. The summed E-state index contributed by atoms with van der Waals surface area (Å²) in [6.07, 6.45) is -10.9. The fraction of sp³-hybridized carbons (Fsp3) is 1.00. The molecule has 0 aromatic carbocycles. The Morgan fingerprint density at radius 2 is 1.93 bits per heavy atom. The van der Waals surface area contributed by atoms with E-state index >= 15 is 0 Å². The lowest BCUT2D eigenvalue weighted by Gasteiger charge is -2.37. The number of halogens is 5. The van der Waals surface area contributed by atoms with Gasteiger partial charge < -0.3 is 10.5 Å². The van der Waals surface area contributed by atoms with Crippen LogP contribution >= 0.6 is 0 Å². The molecule has 0 saturated carbocycles. The zero-order chi connectivity index (χ0) is 11.0. The SMILES string of the molecule is NC1(C(F)F)CCOC(C(F)(F)F)C1. The number of rotatable bonds is 1. The highest BCUT2D eigenvalue weighted by molar-refractivity contribution is 4.94. The molecule has 0 aliphatic carbocycles. The normalized spacial score (nSPS) is 34.9.